The minimum atomic E-state index is -3.77. The molecule has 0 aliphatic carbocycles. The van der Waals surface area contributed by atoms with Gasteiger partial charge in [-0.25, -0.2) is 17.6 Å². The zero-order valence-electron chi connectivity index (χ0n) is 14.1. The van der Waals surface area contributed by atoms with Crippen molar-refractivity contribution in [3.8, 4) is 0 Å². The van der Waals surface area contributed by atoms with Crippen molar-refractivity contribution in [1.82, 2.24) is 8.87 Å². The summed E-state index contributed by atoms with van der Waals surface area (Å²) >= 11 is 0. The molecule has 1 aliphatic heterocycles. The van der Waals surface area contributed by atoms with Crippen LogP contribution in [0.5, 0.6) is 0 Å². The number of halogens is 1. The van der Waals surface area contributed by atoms with Gasteiger partial charge in [0.2, 0.25) is 10.0 Å². The Bertz CT molecular complexity index is 1130. The van der Waals surface area contributed by atoms with Gasteiger partial charge in [-0.3, -0.25) is 4.57 Å². The highest BCUT2D eigenvalue weighted by molar-refractivity contribution is 7.89. The predicted molar refractivity (Wildman–Crippen MR) is 93.7 cm³/mol. The molecular weight excluding hydrogens is 359 g/mol. The third-order valence-electron chi connectivity index (χ3n) is 4.83. The van der Waals surface area contributed by atoms with Gasteiger partial charge in [-0.05, 0) is 42.7 Å². The van der Waals surface area contributed by atoms with Crippen LogP contribution in [0, 0.1) is 5.82 Å². The molecule has 1 saturated heterocycles. The van der Waals surface area contributed by atoms with E-state index in [0.29, 0.717) is 18.5 Å². The molecule has 6 nitrogen and oxygen atoms in total. The van der Waals surface area contributed by atoms with Crippen molar-refractivity contribution in [3.05, 3.63) is 64.4 Å². The molecule has 0 amide bonds. The minimum Gasteiger partial charge on any atom is -0.408 e. The van der Waals surface area contributed by atoms with Gasteiger partial charge in [-0.15, -0.1) is 0 Å². The number of aromatic nitrogens is 1. The van der Waals surface area contributed by atoms with E-state index in [9.17, 15) is 17.6 Å². The number of hydrogen-bond donors (Lipinski definition) is 0. The van der Waals surface area contributed by atoms with Gasteiger partial charge in [0.25, 0.3) is 0 Å². The van der Waals surface area contributed by atoms with E-state index in [1.165, 1.54) is 33.1 Å². The molecule has 1 fully saturated rings. The maximum atomic E-state index is 13.2. The molecule has 1 aromatic heterocycles. The van der Waals surface area contributed by atoms with Crippen LogP contribution < -0.4 is 5.76 Å². The van der Waals surface area contributed by atoms with E-state index in [2.05, 4.69) is 0 Å². The van der Waals surface area contributed by atoms with Crippen molar-refractivity contribution < 1.29 is 17.2 Å². The number of oxazole rings is 1. The number of fused-ring (bicyclic) bond motifs is 1. The van der Waals surface area contributed by atoms with Crippen molar-refractivity contribution in [1.29, 1.82) is 0 Å². The third-order valence-corrected chi connectivity index (χ3v) is 6.73. The molecule has 4 rings (SSSR count). The van der Waals surface area contributed by atoms with E-state index in [1.54, 1.807) is 25.2 Å². The molecule has 2 heterocycles. The molecular formula is C18H17FN2O4S. The Morgan fingerprint density at radius 3 is 2.62 bits per heavy atom. The molecule has 3 aromatic rings. The van der Waals surface area contributed by atoms with E-state index >= 15 is 0 Å². The maximum absolute atomic E-state index is 13.2. The fourth-order valence-electron chi connectivity index (χ4n) is 3.46. The summed E-state index contributed by atoms with van der Waals surface area (Å²) in [5.41, 5.74) is 1.53. The normalized spacial score (nSPS) is 18.6. The number of rotatable bonds is 3. The van der Waals surface area contributed by atoms with E-state index in [1.807, 2.05) is 0 Å². The lowest BCUT2D eigenvalue weighted by Gasteiger charge is -2.24. The van der Waals surface area contributed by atoms with Gasteiger partial charge in [0.1, 0.15) is 5.82 Å². The number of benzene rings is 2. The van der Waals surface area contributed by atoms with Crippen LogP contribution in [0.1, 0.15) is 24.4 Å². The Hall–Kier alpha value is -2.45. The monoisotopic (exact) mass is 376 g/mol. The summed E-state index contributed by atoms with van der Waals surface area (Å²) in [4.78, 5) is 11.7. The Morgan fingerprint density at radius 1 is 1.15 bits per heavy atom. The fourth-order valence-corrected chi connectivity index (χ4v) is 5.15. The fraction of sp³-hybridized carbons (Fsp3) is 0.278. The Labute approximate surface area is 149 Å². The van der Waals surface area contributed by atoms with E-state index < -0.39 is 15.8 Å². The van der Waals surface area contributed by atoms with Gasteiger partial charge in [-0.1, -0.05) is 12.1 Å². The molecule has 0 N–H and O–H groups in total. The van der Waals surface area contributed by atoms with Crippen LogP contribution in [-0.4, -0.2) is 23.8 Å². The number of nitrogens with zero attached hydrogens (tertiary/aromatic N) is 2. The molecule has 1 aliphatic rings. The summed E-state index contributed by atoms with van der Waals surface area (Å²) in [5.74, 6) is -0.898. The second-order valence-corrected chi connectivity index (χ2v) is 8.27. The van der Waals surface area contributed by atoms with Gasteiger partial charge < -0.3 is 4.42 Å². The second-order valence-electron chi connectivity index (χ2n) is 6.38. The summed E-state index contributed by atoms with van der Waals surface area (Å²) in [6, 6.07) is 10.0. The van der Waals surface area contributed by atoms with Gasteiger partial charge in [0, 0.05) is 19.7 Å². The molecule has 0 bridgehead atoms. The summed E-state index contributed by atoms with van der Waals surface area (Å²) in [7, 11) is -2.21. The van der Waals surface area contributed by atoms with Gasteiger partial charge in [0.15, 0.2) is 5.58 Å². The quantitative estimate of drug-likeness (QED) is 0.705. The first kappa shape index (κ1) is 17.0. The highest BCUT2D eigenvalue weighted by Gasteiger charge is 2.36. The molecule has 2 aromatic carbocycles. The van der Waals surface area contributed by atoms with Crippen LogP contribution in [0.4, 0.5) is 4.39 Å². The summed E-state index contributed by atoms with van der Waals surface area (Å²) in [5, 5.41) is 0. The zero-order chi connectivity index (χ0) is 18.5. The standard InChI is InChI=1S/C18H17FN2O4S/c1-20-16-9-8-14(11-17(16)25-18(20)22)26(23,24)21-10-2-3-15(21)12-4-6-13(19)7-5-12/h4-9,11,15H,2-3,10H2,1H3/t15-/m1/s1. The van der Waals surface area contributed by atoms with Crippen molar-refractivity contribution in [3.63, 3.8) is 0 Å². The van der Waals surface area contributed by atoms with E-state index in [0.717, 1.165) is 12.0 Å². The van der Waals surface area contributed by atoms with Crippen LogP contribution >= 0.6 is 0 Å². The summed E-state index contributed by atoms with van der Waals surface area (Å²) in [6.45, 7) is 0.390. The largest absolute Gasteiger partial charge is 0.419 e. The second kappa shape index (κ2) is 6.07. The zero-order valence-corrected chi connectivity index (χ0v) is 14.9. The van der Waals surface area contributed by atoms with Gasteiger partial charge in [0.05, 0.1) is 16.5 Å². The Balaban J connectivity index is 1.75. The highest BCUT2D eigenvalue weighted by atomic mass is 32.2. The lowest BCUT2D eigenvalue weighted by molar-refractivity contribution is 0.396. The molecule has 136 valence electrons. The van der Waals surface area contributed by atoms with Gasteiger partial charge in [-0.2, -0.15) is 4.31 Å². The molecule has 8 heteroatoms. The smallest absolute Gasteiger partial charge is 0.408 e. The Kier molecular flexibility index (Phi) is 3.96. The molecule has 26 heavy (non-hydrogen) atoms. The van der Waals surface area contributed by atoms with Crippen LogP contribution in [0.2, 0.25) is 0 Å². The van der Waals surface area contributed by atoms with Crippen LogP contribution in [0.15, 0.2) is 56.6 Å². The predicted octanol–water partition coefficient (Wildman–Crippen LogP) is 2.80. The topological polar surface area (TPSA) is 72.5 Å². The minimum absolute atomic E-state index is 0.0772. The molecule has 0 unspecified atom stereocenters. The average Bonchev–Trinajstić information content (AvgIpc) is 3.21. The van der Waals surface area contributed by atoms with Crippen LogP contribution in [-0.2, 0) is 17.1 Å². The molecule has 0 saturated carbocycles. The van der Waals surface area contributed by atoms with E-state index in [-0.39, 0.29) is 22.3 Å². The average molecular weight is 376 g/mol. The van der Waals surface area contributed by atoms with Crippen LogP contribution in [0.3, 0.4) is 0 Å². The number of sulfonamides is 1. The van der Waals surface area contributed by atoms with Crippen molar-refractivity contribution >= 4 is 21.1 Å². The first-order valence-electron chi connectivity index (χ1n) is 8.25. The van der Waals surface area contributed by atoms with Crippen molar-refractivity contribution in [2.24, 2.45) is 7.05 Å². The van der Waals surface area contributed by atoms with E-state index in [4.69, 9.17) is 4.42 Å². The first-order chi connectivity index (χ1) is 12.4. The third kappa shape index (κ3) is 2.65. The summed E-state index contributed by atoms with van der Waals surface area (Å²) < 4.78 is 47.3. The van der Waals surface area contributed by atoms with Crippen molar-refractivity contribution in [2.45, 2.75) is 23.8 Å². The lowest BCUT2D eigenvalue weighted by atomic mass is 10.1. The Morgan fingerprint density at radius 2 is 1.88 bits per heavy atom. The molecule has 0 spiro atoms. The SMILES string of the molecule is Cn1c(=O)oc2cc(S(=O)(=O)N3CCC[C@@H]3c3ccc(F)cc3)ccc21. The van der Waals surface area contributed by atoms with Crippen molar-refractivity contribution in [2.75, 3.05) is 6.54 Å². The molecule has 0 radical (unpaired) electrons. The first-order valence-corrected chi connectivity index (χ1v) is 9.69. The summed E-state index contributed by atoms with van der Waals surface area (Å²) in [6.07, 6.45) is 1.40. The number of aryl methyl sites for hydroxylation is 1. The lowest BCUT2D eigenvalue weighted by Crippen LogP contribution is -2.30. The number of hydrogen-bond acceptors (Lipinski definition) is 4. The van der Waals surface area contributed by atoms with Gasteiger partial charge >= 0.3 is 5.76 Å². The molecule has 1 atom stereocenters. The van der Waals surface area contributed by atoms with Crippen LogP contribution in [0.25, 0.3) is 11.1 Å². The maximum Gasteiger partial charge on any atom is 0.419 e. The highest BCUT2D eigenvalue weighted by Crippen LogP contribution is 2.37.